The highest BCUT2D eigenvalue weighted by Crippen LogP contribution is 2.14. The Hall–Kier alpha value is -2.13. The van der Waals surface area contributed by atoms with Crippen LogP contribution in [-0.2, 0) is 4.79 Å². The van der Waals surface area contributed by atoms with Crippen molar-refractivity contribution in [2.45, 2.75) is 0 Å². The third kappa shape index (κ3) is 5.01. The van der Waals surface area contributed by atoms with Crippen molar-refractivity contribution >= 4 is 39.6 Å². The molecule has 0 spiro atoms. The summed E-state index contributed by atoms with van der Waals surface area (Å²) in [6, 6.07) is 15.9. The summed E-state index contributed by atoms with van der Waals surface area (Å²) in [6.07, 6.45) is 6.80. The van der Waals surface area contributed by atoms with Gasteiger partial charge in [-0.05, 0) is 47.5 Å². The molecule has 0 bridgehead atoms. The van der Waals surface area contributed by atoms with Crippen LogP contribution in [0.5, 0.6) is 0 Å². The van der Waals surface area contributed by atoms with E-state index in [1.165, 1.54) is 0 Å². The summed E-state index contributed by atoms with van der Waals surface area (Å²) in [5, 5.41) is 0. The minimum Gasteiger partial charge on any atom is -0.378 e. The van der Waals surface area contributed by atoms with E-state index in [4.69, 9.17) is 0 Å². The molecule has 2 nitrogen and oxygen atoms in total. The largest absolute Gasteiger partial charge is 0.378 e. The molecular formula is C19H18BrNO. The molecule has 0 radical (unpaired) electrons. The number of hydrogen-bond donors (Lipinski definition) is 0. The van der Waals surface area contributed by atoms with E-state index in [0.717, 1.165) is 21.3 Å². The van der Waals surface area contributed by atoms with Crippen molar-refractivity contribution in [3.8, 4) is 0 Å². The lowest BCUT2D eigenvalue weighted by Crippen LogP contribution is -2.07. The maximum Gasteiger partial charge on any atom is 0.178 e. The number of nitrogens with zero attached hydrogens (tertiary/aromatic N) is 1. The van der Waals surface area contributed by atoms with E-state index in [1.807, 2.05) is 79.7 Å². The molecule has 0 saturated carbocycles. The van der Waals surface area contributed by atoms with Crippen LogP contribution in [0.15, 0.2) is 65.2 Å². The molecule has 22 heavy (non-hydrogen) atoms. The summed E-state index contributed by atoms with van der Waals surface area (Å²) in [4.78, 5) is 13.9. The molecule has 0 atom stereocenters. The Labute approximate surface area is 139 Å². The normalized spacial score (nSPS) is 11.2. The van der Waals surface area contributed by atoms with E-state index in [1.54, 1.807) is 12.2 Å². The standard InChI is InChI=1S/C19H18BrNO/c1-21(2)18-11-5-16(6-12-18)8-14-19(22)13-7-15-3-9-17(20)10-4-15/h3-14H,1-2H3/b13-7+,14-8+. The molecule has 2 aromatic rings. The second-order valence-corrected chi connectivity index (χ2v) is 6.02. The highest BCUT2D eigenvalue weighted by Gasteiger charge is 1.95. The minimum atomic E-state index is -0.0281. The van der Waals surface area contributed by atoms with Crippen molar-refractivity contribution < 1.29 is 4.79 Å². The fourth-order valence-corrected chi connectivity index (χ4v) is 2.13. The van der Waals surface area contributed by atoms with Gasteiger partial charge in [0.25, 0.3) is 0 Å². The minimum absolute atomic E-state index is 0.0281. The molecule has 2 aromatic carbocycles. The average Bonchev–Trinajstić information content (AvgIpc) is 2.52. The van der Waals surface area contributed by atoms with Gasteiger partial charge in [-0.3, -0.25) is 4.79 Å². The Morgan fingerprint density at radius 1 is 0.864 bits per heavy atom. The van der Waals surface area contributed by atoms with Gasteiger partial charge in [0, 0.05) is 24.3 Å². The van der Waals surface area contributed by atoms with E-state index in [-0.39, 0.29) is 5.78 Å². The number of carbonyl (C=O) groups excluding carboxylic acids is 1. The zero-order valence-electron chi connectivity index (χ0n) is 12.7. The van der Waals surface area contributed by atoms with Crippen LogP contribution in [0.25, 0.3) is 12.2 Å². The predicted octanol–water partition coefficient (Wildman–Crippen LogP) is 4.81. The van der Waals surface area contributed by atoms with Gasteiger partial charge in [-0.15, -0.1) is 0 Å². The smallest absolute Gasteiger partial charge is 0.178 e. The molecule has 0 aromatic heterocycles. The number of halogens is 1. The van der Waals surface area contributed by atoms with Crippen LogP contribution < -0.4 is 4.90 Å². The van der Waals surface area contributed by atoms with Crippen LogP contribution in [-0.4, -0.2) is 19.9 Å². The van der Waals surface area contributed by atoms with E-state index in [0.29, 0.717) is 0 Å². The fourth-order valence-electron chi connectivity index (χ4n) is 1.87. The van der Waals surface area contributed by atoms with E-state index in [9.17, 15) is 4.79 Å². The van der Waals surface area contributed by atoms with E-state index in [2.05, 4.69) is 15.9 Å². The number of carbonyl (C=O) groups is 1. The summed E-state index contributed by atoms with van der Waals surface area (Å²) in [7, 11) is 4.00. The number of ketones is 1. The fraction of sp³-hybridized carbons (Fsp3) is 0.105. The van der Waals surface area contributed by atoms with Crippen molar-refractivity contribution in [2.75, 3.05) is 19.0 Å². The average molecular weight is 356 g/mol. The molecule has 0 amide bonds. The summed E-state index contributed by atoms with van der Waals surface area (Å²) >= 11 is 3.38. The van der Waals surface area contributed by atoms with Gasteiger partial charge in [-0.1, -0.05) is 52.3 Å². The molecule has 0 unspecified atom stereocenters. The second-order valence-electron chi connectivity index (χ2n) is 5.11. The Morgan fingerprint density at radius 2 is 1.32 bits per heavy atom. The third-order valence-electron chi connectivity index (χ3n) is 3.16. The molecule has 0 aliphatic heterocycles. The monoisotopic (exact) mass is 355 g/mol. The van der Waals surface area contributed by atoms with Crippen LogP contribution in [0.2, 0.25) is 0 Å². The van der Waals surface area contributed by atoms with Crippen molar-refractivity contribution in [3.63, 3.8) is 0 Å². The number of allylic oxidation sites excluding steroid dienone is 2. The van der Waals surface area contributed by atoms with Gasteiger partial charge in [-0.2, -0.15) is 0 Å². The van der Waals surface area contributed by atoms with Gasteiger partial charge < -0.3 is 4.90 Å². The van der Waals surface area contributed by atoms with Gasteiger partial charge >= 0.3 is 0 Å². The van der Waals surface area contributed by atoms with Gasteiger partial charge in [0.1, 0.15) is 0 Å². The van der Waals surface area contributed by atoms with Crippen LogP contribution in [0.4, 0.5) is 5.69 Å². The Morgan fingerprint density at radius 3 is 1.77 bits per heavy atom. The lowest BCUT2D eigenvalue weighted by Gasteiger charge is -2.11. The number of anilines is 1. The molecule has 0 saturated heterocycles. The Balaban J connectivity index is 1.97. The topological polar surface area (TPSA) is 20.3 Å². The molecule has 0 N–H and O–H groups in total. The van der Waals surface area contributed by atoms with Gasteiger partial charge in [-0.25, -0.2) is 0 Å². The molecule has 112 valence electrons. The van der Waals surface area contributed by atoms with Crippen molar-refractivity contribution in [1.82, 2.24) is 0 Å². The molecule has 2 rings (SSSR count). The highest BCUT2D eigenvalue weighted by atomic mass is 79.9. The molecule has 0 aliphatic rings. The lowest BCUT2D eigenvalue weighted by molar-refractivity contribution is -0.110. The number of hydrogen-bond acceptors (Lipinski definition) is 2. The molecule has 0 heterocycles. The van der Waals surface area contributed by atoms with Crippen LogP contribution in [0, 0.1) is 0 Å². The maximum absolute atomic E-state index is 11.8. The van der Waals surface area contributed by atoms with Gasteiger partial charge in [0.15, 0.2) is 5.78 Å². The van der Waals surface area contributed by atoms with E-state index < -0.39 is 0 Å². The first kappa shape index (κ1) is 16.2. The predicted molar refractivity (Wildman–Crippen MR) is 98.0 cm³/mol. The second kappa shape index (κ2) is 7.76. The van der Waals surface area contributed by atoms with Crippen molar-refractivity contribution in [1.29, 1.82) is 0 Å². The Bertz CT molecular complexity index is 682. The molecule has 0 fully saturated rings. The van der Waals surface area contributed by atoms with Gasteiger partial charge in [0.05, 0.1) is 0 Å². The maximum atomic E-state index is 11.8. The molecular weight excluding hydrogens is 338 g/mol. The Kier molecular flexibility index (Phi) is 5.73. The molecule has 0 aliphatic carbocycles. The summed E-state index contributed by atoms with van der Waals surface area (Å²) in [5.41, 5.74) is 3.15. The van der Waals surface area contributed by atoms with Crippen LogP contribution in [0.3, 0.4) is 0 Å². The summed E-state index contributed by atoms with van der Waals surface area (Å²) < 4.78 is 1.03. The number of rotatable bonds is 5. The van der Waals surface area contributed by atoms with Gasteiger partial charge in [0.2, 0.25) is 0 Å². The van der Waals surface area contributed by atoms with Crippen molar-refractivity contribution in [3.05, 3.63) is 76.3 Å². The third-order valence-corrected chi connectivity index (χ3v) is 3.69. The van der Waals surface area contributed by atoms with Crippen molar-refractivity contribution in [2.24, 2.45) is 0 Å². The molecule has 3 heteroatoms. The zero-order chi connectivity index (χ0) is 15.9. The highest BCUT2D eigenvalue weighted by molar-refractivity contribution is 9.10. The van der Waals surface area contributed by atoms with Crippen LogP contribution >= 0.6 is 15.9 Å². The number of benzene rings is 2. The first-order valence-electron chi connectivity index (χ1n) is 6.98. The zero-order valence-corrected chi connectivity index (χ0v) is 14.2. The quantitative estimate of drug-likeness (QED) is 0.717. The SMILES string of the molecule is CN(C)c1ccc(/C=C/C(=O)/C=C/c2ccc(Br)cc2)cc1. The summed E-state index contributed by atoms with van der Waals surface area (Å²) in [6.45, 7) is 0. The van der Waals surface area contributed by atoms with E-state index >= 15 is 0 Å². The first-order chi connectivity index (χ1) is 10.5. The summed E-state index contributed by atoms with van der Waals surface area (Å²) in [5.74, 6) is -0.0281. The lowest BCUT2D eigenvalue weighted by atomic mass is 10.1. The van der Waals surface area contributed by atoms with Crippen LogP contribution in [0.1, 0.15) is 11.1 Å². The first-order valence-corrected chi connectivity index (χ1v) is 7.77.